The highest BCUT2D eigenvalue weighted by Gasteiger charge is 2.09. The normalized spacial score (nSPS) is 11.0. The lowest BCUT2D eigenvalue weighted by molar-refractivity contribution is 0.415. The van der Waals surface area contributed by atoms with Crippen molar-refractivity contribution < 1.29 is 8.94 Å². The van der Waals surface area contributed by atoms with Crippen molar-refractivity contribution in [1.82, 2.24) is 15.1 Å². The van der Waals surface area contributed by atoms with Gasteiger partial charge in [-0.1, -0.05) is 19.0 Å². The molecule has 2 heterocycles. The highest BCUT2D eigenvalue weighted by Crippen LogP contribution is 2.13. The molecular formula is C10H14N4O2. The molecule has 0 amide bonds. The summed E-state index contributed by atoms with van der Waals surface area (Å²) in [7, 11) is 0. The summed E-state index contributed by atoms with van der Waals surface area (Å²) >= 11 is 0. The third-order valence-corrected chi connectivity index (χ3v) is 2.02. The van der Waals surface area contributed by atoms with Gasteiger partial charge in [-0.2, -0.15) is 4.98 Å². The number of nitrogens with zero attached hydrogens (tertiary/aromatic N) is 3. The van der Waals surface area contributed by atoms with Crippen LogP contribution in [0.1, 0.15) is 37.2 Å². The first-order chi connectivity index (χ1) is 7.65. The molecule has 0 bridgehead atoms. The summed E-state index contributed by atoms with van der Waals surface area (Å²) in [6, 6.07) is 0.388. The van der Waals surface area contributed by atoms with E-state index in [1.807, 2.05) is 20.8 Å². The van der Waals surface area contributed by atoms with Gasteiger partial charge in [-0.15, -0.1) is 0 Å². The van der Waals surface area contributed by atoms with E-state index in [-0.39, 0.29) is 5.92 Å². The molecule has 0 aliphatic carbocycles. The molecule has 0 aliphatic heterocycles. The third kappa shape index (κ3) is 2.39. The minimum Gasteiger partial charge on any atom is -0.444 e. The van der Waals surface area contributed by atoms with E-state index in [0.717, 1.165) is 5.76 Å². The lowest BCUT2D eigenvalue weighted by Crippen LogP contribution is -2.00. The van der Waals surface area contributed by atoms with Crippen molar-refractivity contribution >= 4 is 6.01 Å². The van der Waals surface area contributed by atoms with E-state index in [0.29, 0.717) is 24.3 Å². The molecule has 0 fully saturated rings. The maximum atomic E-state index is 5.30. The van der Waals surface area contributed by atoms with Crippen LogP contribution in [0.25, 0.3) is 0 Å². The molecule has 2 aromatic heterocycles. The van der Waals surface area contributed by atoms with Crippen molar-refractivity contribution in [1.29, 1.82) is 0 Å². The van der Waals surface area contributed by atoms with Crippen LogP contribution < -0.4 is 5.32 Å². The quantitative estimate of drug-likeness (QED) is 0.853. The SMILES string of the molecule is Cc1cnc(CNc2nc(C(C)C)no2)o1. The van der Waals surface area contributed by atoms with Crippen LogP contribution in [0.2, 0.25) is 0 Å². The van der Waals surface area contributed by atoms with Crippen LogP contribution in [0.15, 0.2) is 15.1 Å². The van der Waals surface area contributed by atoms with Gasteiger partial charge in [-0.05, 0) is 6.92 Å². The molecule has 0 unspecified atom stereocenters. The Balaban J connectivity index is 1.94. The van der Waals surface area contributed by atoms with Crippen molar-refractivity contribution in [3.05, 3.63) is 23.7 Å². The Kier molecular flexibility index (Phi) is 2.89. The van der Waals surface area contributed by atoms with Crippen LogP contribution in [0, 0.1) is 6.92 Å². The number of aryl methyl sites for hydroxylation is 1. The van der Waals surface area contributed by atoms with Gasteiger partial charge in [0.1, 0.15) is 5.76 Å². The monoisotopic (exact) mass is 222 g/mol. The standard InChI is InChI=1S/C10H14N4O2/c1-6(2)9-13-10(16-14-9)12-5-8-11-4-7(3)15-8/h4,6H,5H2,1-3H3,(H,12,13,14). The van der Waals surface area contributed by atoms with Crippen molar-refractivity contribution in [2.45, 2.75) is 33.2 Å². The molecule has 0 saturated carbocycles. The lowest BCUT2D eigenvalue weighted by atomic mass is 10.2. The van der Waals surface area contributed by atoms with Crippen molar-refractivity contribution in [2.75, 3.05) is 5.32 Å². The molecule has 86 valence electrons. The van der Waals surface area contributed by atoms with E-state index in [2.05, 4.69) is 20.4 Å². The predicted octanol–water partition coefficient (Wildman–Crippen LogP) is 2.10. The van der Waals surface area contributed by atoms with Gasteiger partial charge in [0, 0.05) is 5.92 Å². The van der Waals surface area contributed by atoms with E-state index in [1.165, 1.54) is 0 Å². The molecule has 6 heteroatoms. The van der Waals surface area contributed by atoms with Crippen LogP contribution in [-0.2, 0) is 6.54 Å². The number of hydrogen-bond acceptors (Lipinski definition) is 6. The second kappa shape index (κ2) is 4.34. The molecule has 2 aromatic rings. The Morgan fingerprint density at radius 2 is 2.25 bits per heavy atom. The first-order valence-electron chi connectivity index (χ1n) is 5.14. The van der Waals surface area contributed by atoms with Crippen LogP contribution in [0.3, 0.4) is 0 Å². The fraction of sp³-hybridized carbons (Fsp3) is 0.500. The summed E-state index contributed by atoms with van der Waals surface area (Å²) in [5.41, 5.74) is 0. The van der Waals surface area contributed by atoms with Gasteiger partial charge in [0.2, 0.25) is 5.89 Å². The third-order valence-electron chi connectivity index (χ3n) is 2.02. The zero-order valence-electron chi connectivity index (χ0n) is 9.52. The second-order valence-corrected chi connectivity index (χ2v) is 3.83. The average Bonchev–Trinajstić information content (AvgIpc) is 2.83. The number of anilines is 1. The molecule has 1 N–H and O–H groups in total. The van der Waals surface area contributed by atoms with Gasteiger partial charge in [0.25, 0.3) is 0 Å². The van der Waals surface area contributed by atoms with Gasteiger partial charge in [0.15, 0.2) is 5.82 Å². The van der Waals surface area contributed by atoms with Gasteiger partial charge in [-0.3, -0.25) is 0 Å². The second-order valence-electron chi connectivity index (χ2n) is 3.83. The summed E-state index contributed by atoms with van der Waals surface area (Å²) in [6.45, 7) is 6.30. The molecule has 0 saturated heterocycles. The predicted molar refractivity (Wildman–Crippen MR) is 57.0 cm³/mol. The van der Waals surface area contributed by atoms with E-state index < -0.39 is 0 Å². The molecule has 16 heavy (non-hydrogen) atoms. The number of hydrogen-bond donors (Lipinski definition) is 1. The average molecular weight is 222 g/mol. The van der Waals surface area contributed by atoms with E-state index in [9.17, 15) is 0 Å². The largest absolute Gasteiger partial charge is 0.444 e. The molecule has 0 radical (unpaired) electrons. The maximum Gasteiger partial charge on any atom is 0.321 e. The Morgan fingerprint density at radius 3 is 2.81 bits per heavy atom. The molecule has 2 rings (SSSR count). The Labute approximate surface area is 93.1 Å². The first-order valence-corrected chi connectivity index (χ1v) is 5.14. The Hall–Kier alpha value is -1.85. The maximum absolute atomic E-state index is 5.30. The van der Waals surface area contributed by atoms with Crippen molar-refractivity contribution in [3.8, 4) is 0 Å². The van der Waals surface area contributed by atoms with E-state index >= 15 is 0 Å². The summed E-state index contributed by atoms with van der Waals surface area (Å²) in [5, 5.41) is 6.79. The van der Waals surface area contributed by atoms with Crippen LogP contribution in [0.4, 0.5) is 6.01 Å². The topological polar surface area (TPSA) is 77.0 Å². The van der Waals surface area contributed by atoms with Crippen LogP contribution in [0.5, 0.6) is 0 Å². The fourth-order valence-electron chi connectivity index (χ4n) is 1.18. The minimum atomic E-state index is 0.253. The first kappa shape index (κ1) is 10.7. The molecule has 0 aromatic carbocycles. The Bertz CT molecular complexity index is 461. The highest BCUT2D eigenvalue weighted by atomic mass is 16.5. The van der Waals surface area contributed by atoms with Crippen molar-refractivity contribution in [2.24, 2.45) is 0 Å². The van der Waals surface area contributed by atoms with Gasteiger partial charge >= 0.3 is 6.01 Å². The van der Waals surface area contributed by atoms with Crippen LogP contribution >= 0.6 is 0 Å². The van der Waals surface area contributed by atoms with E-state index in [1.54, 1.807) is 6.20 Å². The molecule has 6 nitrogen and oxygen atoms in total. The summed E-state index contributed by atoms with van der Waals surface area (Å²) in [5.74, 6) is 2.32. The summed E-state index contributed by atoms with van der Waals surface area (Å²) in [6.07, 6.45) is 1.67. The molecule has 0 spiro atoms. The highest BCUT2D eigenvalue weighted by molar-refractivity contribution is 5.19. The van der Waals surface area contributed by atoms with Crippen molar-refractivity contribution in [3.63, 3.8) is 0 Å². The number of aromatic nitrogens is 3. The fourth-order valence-corrected chi connectivity index (χ4v) is 1.18. The minimum absolute atomic E-state index is 0.253. The van der Waals surface area contributed by atoms with Gasteiger partial charge < -0.3 is 14.3 Å². The molecular weight excluding hydrogens is 208 g/mol. The smallest absolute Gasteiger partial charge is 0.321 e. The number of nitrogens with one attached hydrogen (secondary N) is 1. The zero-order valence-corrected chi connectivity index (χ0v) is 9.52. The van der Waals surface area contributed by atoms with E-state index in [4.69, 9.17) is 8.94 Å². The van der Waals surface area contributed by atoms with Gasteiger partial charge in [-0.25, -0.2) is 4.98 Å². The molecule has 0 aliphatic rings. The summed E-state index contributed by atoms with van der Waals surface area (Å²) in [4.78, 5) is 8.23. The lowest BCUT2D eigenvalue weighted by Gasteiger charge is -1.95. The zero-order chi connectivity index (χ0) is 11.5. The molecule has 0 atom stereocenters. The van der Waals surface area contributed by atoms with Gasteiger partial charge in [0.05, 0.1) is 12.7 Å². The number of oxazole rings is 1. The summed E-state index contributed by atoms with van der Waals surface area (Å²) < 4.78 is 10.3. The Morgan fingerprint density at radius 1 is 1.44 bits per heavy atom. The van der Waals surface area contributed by atoms with Crippen LogP contribution in [-0.4, -0.2) is 15.1 Å². The number of rotatable bonds is 4.